The molecule has 0 radical (unpaired) electrons. The number of alkyl halides is 5. The van der Waals surface area contributed by atoms with E-state index in [-0.39, 0.29) is 29.3 Å². The molecule has 0 aliphatic carbocycles. The molecular weight excluding hydrogens is 557 g/mol. The van der Waals surface area contributed by atoms with Crippen LogP contribution in [0.3, 0.4) is 0 Å². The van der Waals surface area contributed by atoms with Crippen LogP contribution in [0.1, 0.15) is 39.5 Å². The van der Waals surface area contributed by atoms with E-state index >= 15 is 0 Å². The van der Waals surface area contributed by atoms with Gasteiger partial charge in [0.05, 0.1) is 28.2 Å². The van der Waals surface area contributed by atoms with Gasteiger partial charge in [-0.05, 0) is 44.5 Å². The van der Waals surface area contributed by atoms with Crippen LogP contribution in [-0.2, 0) is 19.6 Å². The van der Waals surface area contributed by atoms with Crippen molar-refractivity contribution in [2.24, 2.45) is 7.05 Å². The molecular formula is C29H24F5N7O. The summed E-state index contributed by atoms with van der Waals surface area (Å²) in [5.74, 6) is 0.0410. The number of hydrogen-bond acceptors (Lipinski definition) is 6. The molecule has 0 N–H and O–H groups in total. The summed E-state index contributed by atoms with van der Waals surface area (Å²) in [7, 11) is 1.40. The Bertz CT molecular complexity index is 1850. The van der Waals surface area contributed by atoms with E-state index in [1.807, 2.05) is 24.3 Å². The molecule has 0 aliphatic rings. The molecule has 0 amide bonds. The predicted molar refractivity (Wildman–Crippen MR) is 144 cm³/mol. The lowest BCUT2D eigenvalue weighted by atomic mass is 10.0. The van der Waals surface area contributed by atoms with Crippen LogP contribution in [0.25, 0.3) is 27.8 Å². The molecule has 0 aliphatic heterocycles. The minimum atomic E-state index is -4.67. The van der Waals surface area contributed by atoms with Gasteiger partial charge < -0.3 is 9.30 Å². The molecule has 0 fully saturated rings. The van der Waals surface area contributed by atoms with E-state index in [9.17, 15) is 27.2 Å². The van der Waals surface area contributed by atoms with Crippen molar-refractivity contribution >= 4 is 10.9 Å². The average Bonchev–Trinajstić information content (AvgIpc) is 3.47. The Morgan fingerprint density at radius 3 is 2.48 bits per heavy atom. The number of rotatable bonds is 7. The molecule has 8 nitrogen and oxygen atoms in total. The van der Waals surface area contributed by atoms with Crippen LogP contribution < -0.4 is 4.74 Å². The number of ether oxygens (including phenoxy) is 1. The molecule has 0 bridgehead atoms. The van der Waals surface area contributed by atoms with Gasteiger partial charge in [-0.25, -0.2) is 13.8 Å². The molecule has 0 atom stereocenters. The van der Waals surface area contributed by atoms with Gasteiger partial charge in [0, 0.05) is 41.9 Å². The van der Waals surface area contributed by atoms with E-state index in [4.69, 9.17) is 4.74 Å². The Hall–Kier alpha value is -4.86. The Labute approximate surface area is 237 Å². The number of para-hydroxylation sites is 1. The van der Waals surface area contributed by atoms with Crippen molar-refractivity contribution in [2.75, 3.05) is 6.61 Å². The lowest BCUT2D eigenvalue weighted by molar-refractivity contribution is -0.141. The van der Waals surface area contributed by atoms with Gasteiger partial charge in [0.15, 0.2) is 12.3 Å². The van der Waals surface area contributed by atoms with E-state index in [0.717, 1.165) is 10.1 Å². The molecule has 42 heavy (non-hydrogen) atoms. The van der Waals surface area contributed by atoms with Gasteiger partial charge in [0.25, 0.3) is 6.43 Å². The number of aryl methyl sites for hydroxylation is 3. The maximum absolute atomic E-state index is 13.6. The van der Waals surface area contributed by atoms with Crippen molar-refractivity contribution in [3.05, 3.63) is 82.1 Å². The van der Waals surface area contributed by atoms with Crippen molar-refractivity contribution in [1.82, 2.24) is 29.5 Å². The largest absolute Gasteiger partial charge is 0.471 e. The molecule has 5 aromatic rings. The number of aromatic nitrogens is 6. The van der Waals surface area contributed by atoms with Gasteiger partial charge in [-0.1, -0.05) is 18.2 Å². The Morgan fingerprint density at radius 2 is 1.81 bits per heavy atom. The second kappa shape index (κ2) is 10.8. The quantitative estimate of drug-likeness (QED) is 0.211. The summed E-state index contributed by atoms with van der Waals surface area (Å²) in [6.45, 7) is 4.19. The molecule has 0 unspecified atom stereocenters. The number of nitrogens with zero attached hydrogens (tertiary/aromatic N) is 7. The summed E-state index contributed by atoms with van der Waals surface area (Å²) in [5, 5.41) is 23.0. The van der Waals surface area contributed by atoms with Gasteiger partial charge in [-0.2, -0.15) is 28.6 Å². The van der Waals surface area contributed by atoms with Gasteiger partial charge >= 0.3 is 6.18 Å². The third kappa shape index (κ3) is 5.27. The summed E-state index contributed by atoms with van der Waals surface area (Å²) in [4.78, 5) is 4.26. The van der Waals surface area contributed by atoms with E-state index in [2.05, 4.69) is 26.3 Å². The number of hydrogen-bond donors (Lipinski definition) is 0. The number of benzene rings is 1. The van der Waals surface area contributed by atoms with Gasteiger partial charge in [0.2, 0.25) is 5.88 Å². The summed E-state index contributed by atoms with van der Waals surface area (Å²) >= 11 is 0. The summed E-state index contributed by atoms with van der Waals surface area (Å²) in [5.41, 5.74) is 2.84. The Kier molecular flexibility index (Phi) is 7.40. The Morgan fingerprint density at radius 1 is 1.07 bits per heavy atom. The standard InChI is InChI=1S/C29H24F5N7O/c1-15-9-18(37-38-26(15)21-13-40(4)39-27(21)29(32,33)34)11-20-19-7-5-6-8-22(19)41(24(20)12-35)23-10-16(2)36-28(17(23)3)42-14-25(30)31/h5-10,13,25H,11,14H2,1-4H3. The molecule has 4 aromatic heterocycles. The zero-order chi connectivity index (χ0) is 30.3. The lowest BCUT2D eigenvalue weighted by Gasteiger charge is -2.15. The fraction of sp³-hybridized carbons (Fsp3) is 0.276. The van der Waals surface area contributed by atoms with Crippen LogP contribution in [0.15, 0.2) is 42.6 Å². The van der Waals surface area contributed by atoms with Crippen LogP contribution in [0, 0.1) is 32.1 Å². The van der Waals surface area contributed by atoms with Gasteiger partial charge in [-0.15, -0.1) is 5.10 Å². The average molecular weight is 582 g/mol. The predicted octanol–water partition coefficient (Wildman–Crippen LogP) is 6.27. The van der Waals surface area contributed by atoms with E-state index in [1.54, 1.807) is 37.5 Å². The van der Waals surface area contributed by atoms with Gasteiger partial charge in [-0.3, -0.25) is 4.68 Å². The first-order valence-corrected chi connectivity index (χ1v) is 12.8. The van der Waals surface area contributed by atoms with E-state index < -0.39 is 24.9 Å². The molecule has 4 heterocycles. The van der Waals surface area contributed by atoms with Crippen molar-refractivity contribution < 1.29 is 26.7 Å². The maximum atomic E-state index is 13.6. The van der Waals surface area contributed by atoms with Crippen LogP contribution in [0.2, 0.25) is 0 Å². The van der Waals surface area contributed by atoms with Crippen LogP contribution in [0.5, 0.6) is 5.88 Å². The molecule has 13 heteroatoms. The first kappa shape index (κ1) is 28.7. The molecule has 5 rings (SSSR count). The van der Waals surface area contributed by atoms with Crippen LogP contribution in [-0.4, -0.2) is 42.6 Å². The molecule has 216 valence electrons. The molecule has 0 spiro atoms. The van der Waals surface area contributed by atoms with Gasteiger partial charge in [0.1, 0.15) is 11.8 Å². The minimum Gasteiger partial charge on any atom is -0.471 e. The molecule has 0 saturated heterocycles. The number of halogens is 5. The highest BCUT2D eigenvalue weighted by Crippen LogP contribution is 2.37. The Balaban J connectivity index is 1.61. The van der Waals surface area contributed by atoms with Crippen LogP contribution in [0.4, 0.5) is 22.0 Å². The highest BCUT2D eigenvalue weighted by Gasteiger charge is 2.38. The first-order chi connectivity index (χ1) is 19.9. The van der Waals surface area contributed by atoms with Crippen molar-refractivity contribution in [2.45, 2.75) is 39.8 Å². The molecule has 1 aromatic carbocycles. The number of nitriles is 1. The minimum absolute atomic E-state index is 0.0410. The lowest BCUT2D eigenvalue weighted by Crippen LogP contribution is -2.11. The van der Waals surface area contributed by atoms with E-state index in [1.165, 1.54) is 13.2 Å². The van der Waals surface area contributed by atoms with Crippen molar-refractivity contribution in [1.29, 1.82) is 5.26 Å². The normalized spacial score (nSPS) is 11.8. The third-order valence-corrected chi connectivity index (χ3v) is 6.75. The zero-order valence-electron chi connectivity index (χ0n) is 23.0. The van der Waals surface area contributed by atoms with E-state index in [0.29, 0.717) is 39.3 Å². The first-order valence-electron chi connectivity index (χ1n) is 12.8. The summed E-state index contributed by atoms with van der Waals surface area (Å²) in [6, 6.07) is 13.0. The fourth-order valence-corrected chi connectivity index (χ4v) is 5.01. The topological polar surface area (TPSA) is 94.4 Å². The summed E-state index contributed by atoms with van der Waals surface area (Å²) in [6.07, 6.45) is -5.94. The third-order valence-electron chi connectivity index (χ3n) is 6.75. The smallest absolute Gasteiger partial charge is 0.435 e. The number of fused-ring (bicyclic) bond motifs is 1. The highest BCUT2D eigenvalue weighted by molar-refractivity contribution is 5.89. The van der Waals surface area contributed by atoms with Crippen LogP contribution >= 0.6 is 0 Å². The number of pyridine rings is 1. The summed E-state index contributed by atoms with van der Waals surface area (Å²) < 4.78 is 74.5. The maximum Gasteiger partial charge on any atom is 0.435 e. The van der Waals surface area contributed by atoms with Crippen molar-refractivity contribution in [3.8, 4) is 28.9 Å². The zero-order valence-corrected chi connectivity index (χ0v) is 23.0. The van der Waals surface area contributed by atoms with Crippen molar-refractivity contribution in [3.63, 3.8) is 0 Å². The molecule has 0 saturated carbocycles. The second-order valence-electron chi connectivity index (χ2n) is 9.81. The SMILES string of the molecule is Cc1cc(-n2c(C#N)c(Cc3cc(C)c(-c4cn(C)nc4C(F)(F)F)nn3)c3ccccc32)c(C)c(OCC(F)F)n1. The highest BCUT2D eigenvalue weighted by atomic mass is 19.4. The fourth-order valence-electron chi connectivity index (χ4n) is 5.01. The second-order valence-corrected chi connectivity index (χ2v) is 9.81. The monoisotopic (exact) mass is 581 g/mol.